The summed E-state index contributed by atoms with van der Waals surface area (Å²) < 4.78 is 66.4. The normalized spacial score (nSPS) is 14.6. The first-order valence-corrected chi connectivity index (χ1v) is 21.0. The molecule has 0 unspecified atom stereocenters. The van der Waals surface area contributed by atoms with Gasteiger partial charge in [0.1, 0.15) is 5.75 Å². The lowest BCUT2D eigenvalue weighted by atomic mass is 9.99. The number of thiophene rings is 1. The molecule has 0 radical (unpaired) electrons. The van der Waals surface area contributed by atoms with Crippen LogP contribution in [0, 0.1) is 13.8 Å². The van der Waals surface area contributed by atoms with Gasteiger partial charge in [0.15, 0.2) is 0 Å². The van der Waals surface area contributed by atoms with Crippen molar-refractivity contribution < 1.29 is 40.9 Å². The van der Waals surface area contributed by atoms with Crippen molar-refractivity contribution in [1.82, 2.24) is 9.80 Å². The number of rotatable bonds is 8. The van der Waals surface area contributed by atoms with Gasteiger partial charge in [0.2, 0.25) is 0 Å². The van der Waals surface area contributed by atoms with Gasteiger partial charge >= 0.3 is 0 Å². The van der Waals surface area contributed by atoms with Crippen LogP contribution in [0.4, 0.5) is 5.69 Å². The van der Waals surface area contributed by atoms with E-state index < -0.39 is 20.2 Å². The SMILES string of the molecule is CN1CCc2ccc(OCCCN3CCN(c4cccc5sccc45)CC3)cc2C1=O.Cc1ccc(S(=O)(=O)O)cc1.Cc1ccc(S(=O)(=O)O)cc1.O. The van der Waals surface area contributed by atoms with Crippen LogP contribution in [0.2, 0.25) is 0 Å². The Hall–Kier alpha value is -4.35. The largest absolute Gasteiger partial charge is 0.494 e. The zero-order valence-corrected chi connectivity index (χ0v) is 33.0. The summed E-state index contributed by atoms with van der Waals surface area (Å²) in [6.07, 6.45) is 1.91. The van der Waals surface area contributed by atoms with Gasteiger partial charge in [-0.15, -0.1) is 11.3 Å². The van der Waals surface area contributed by atoms with Crippen LogP contribution in [-0.4, -0.2) is 100 Å². The maximum absolute atomic E-state index is 12.4. The fraction of sp³-hybridized carbons (Fsp3) is 0.308. The average Bonchev–Trinajstić information content (AvgIpc) is 3.62. The first-order chi connectivity index (χ1) is 25.2. The van der Waals surface area contributed by atoms with Gasteiger partial charge in [0, 0.05) is 67.7 Å². The predicted molar refractivity (Wildman–Crippen MR) is 213 cm³/mol. The molecule has 3 heterocycles. The molecule has 0 atom stereocenters. The summed E-state index contributed by atoms with van der Waals surface area (Å²) in [6, 6.07) is 26.8. The number of aryl methyl sites for hydroxylation is 2. The molecule has 12 nitrogen and oxygen atoms in total. The van der Waals surface area contributed by atoms with Crippen LogP contribution in [0.1, 0.15) is 33.5 Å². The second kappa shape index (κ2) is 18.8. The number of nitrogens with zero attached hydrogens (tertiary/aromatic N) is 3. The summed E-state index contributed by atoms with van der Waals surface area (Å²) in [5, 5.41) is 3.56. The number of ether oxygens (including phenoxy) is 1. The van der Waals surface area contributed by atoms with Crippen molar-refractivity contribution in [3.8, 4) is 5.75 Å². The molecule has 0 saturated carbocycles. The number of piperazine rings is 1. The standard InChI is InChI=1S/C25H29N3O2S.2C7H8O3S.H2O/c1-26-11-8-19-6-7-20(18-22(19)25(26)29)30-16-3-10-27-12-14-28(15-13-27)23-4-2-5-24-21(23)9-17-31-24;2*1-6-2-4-7(5-3-6)11(8,9)10;/h2,4-7,9,17-18H,3,8,10-16H2,1H3;2*2-5H,1H3,(H,8,9,10);1H2. The molecule has 4 N–H and O–H groups in total. The highest BCUT2D eigenvalue weighted by Gasteiger charge is 2.22. The summed E-state index contributed by atoms with van der Waals surface area (Å²) in [5.41, 5.74) is 5.21. The van der Waals surface area contributed by atoms with Crippen molar-refractivity contribution in [2.45, 2.75) is 36.5 Å². The lowest BCUT2D eigenvalue weighted by Crippen LogP contribution is -2.46. The molecule has 0 spiro atoms. The number of carbonyl (C=O) groups excluding carboxylic acids is 1. The molecule has 5 aromatic rings. The van der Waals surface area contributed by atoms with Gasteiger partial charge in [-0.1, -0.05) is 47.5 Å². The van der Waals surface area contributed by atoms with Crippen LogP contribution in [0.3, 0.4) is 0 Å². The molecular weight excluding hydrogens is 751 g/mol. The fourth-order valence-electron chi connectivity index (χ4n) is 6.02. The van der Waals surface area contributed by atoms with Crippen LogP contribution in [0.5, 0.6) is 5.75 Å². The number of benzene rings is 4. The molecule has 7 rings (SSSR count). The monoisotopic (exact) mass is 797 g/mol. The third kappa shape index (κ3) is 11.6. The highest BCUT2D eigenvalue weighted by atomic mass is 32.2. The van der Waals surface area contributed by atoms with E-state index in [4.69, 9.17) is 13.8 Å². The molecule has 0 aliphatic carbocycles. The Morgan fingerprint density at radius 3 is 1.93 bits per heavy atom. The van der Waals surface area contributed by atoms with Gasteiger partial charge in [-0.2, -0.15) is 16.8 Å². The highest BCUT2D eigenvalue weighted by Crippen LogP contribution is 2.31. The minimum absolute atomic E-state index is 0. The summed E-state index contributed by atoms with van der Waals surface area (Å²) in [7, 11) is -6.18. The number of anilines is 1. The summed E-state index contributed by atoms with van der Waals surface area (Å²) >= 11 is 1.81. The summed E-state index contributed by atoms with van der Waals surface area (Å²) in [6.45, 7) is 10.5. The molecule has 2 aliphatic rings. The van der Waals surface area contributed by atoms with Crippen molar-refractivity contribution in [2.24, 2.45) is 0 Å². The highest BCUT2D eigenvalue weighted by molar-refractivity contribution is 7.86. The van der Waals surface area contributed by atoms with Crippen LogP contribution in [0.15, 0.2) is 106 Å². The van der Waals surface area contributed by atoms with Gasteiger partial charge in [-0.05, 0) is 92.2 Å². The molecule has 4 aromatic carbocycles. The van der Waals surface area contributed by atoms with E-state index in [0.717, 1.165) is 80.1 Å². The van der Waals surface area contributed by atoms with Crippen LogP contribution in [-0.2, 0) is 26.7 Å². The van der Waals surface area contributed by atoms with Gasteiger partial charge in [-0.3, -0.25) is 18.8 Å². The molecular formula is C39H47N3O9S3. The molecule has 15 heteroatoms. The van der Waals surface area contributed by atoms with E-state index in [2.05, 4.69) is 39.4 Å². The first kappa shape index (κ1) is 42.4. The number of likely N-dealkylation sites (N-methyl/N-ethyl adjacent to an activating group) is 1. The van der Waals surface area contributed by atoms with Crippen molar-refractivity contribution in [2.75, 3.05) is 57.8 Å². The lowest BCUT2D eigenvalue weighted by molar-refractivity contribution is 0.0780. The maximum Gasteiger partial charge on any atom is 0.294 e. The maximum atomic E-state index is 12.4. The van der Waals surface area contributed by atoms with Crippen molar-refractivity contribution in [3.63, 3.8) is 0 Å². The molecule has 54 heavy (non-hydrogen) atoms. The molecule has 2 aliphatic heterocycles. The second-order valence-corrected chi connectivity index (χ2v) is 16.8. The number of carbonyl (C=O) groups is 1. The zero-order chi connectivity index (χ0) is 38.2. The van der Waals surface area contributed by atoms with Crippen LogP contribution < -0.4 is 9.64 Å². The van der Waals surface area contributed by atoms with Gasteiger partial charge in [-0.25, -0.2) is 0 Å². The minimum Gasteiger partial charge on any atom is -0.494 e. The third-order valence-corrected chi connectivity index (χ3v) is 11.7. The van der Waals surface area contributed by atoms with Gasteiger partial charge in [0.05, 0.1) is 16.4 Å². The Bertz CT molecular complexity index is 2140. The topological polar surface area (TPSA) is 176 Å². The van der Waals surface area contributed by atoms with E-state index in [1.54, 1.807) is 29.2 Å². The Morgan fingerprint density at radius 2 is 1.35 bits per heavy atom. The summed E-state index contributed by atoms with van der Waals surface area (Å²) in [4.78, 5) is 19.0. The molecule has 1 amide bonds. The third-order valence-electron chi connectivity index (χ3n) is 9.09. The Balaban J connectivity index is 0.000000232. The van der Waals surface area contributed by atoms with Crippen LogP contribution in [0.25, 0.3) is 10.1 Å². The van der Waals surface area contributed by atoms with E-state index in [0.29, 0.717) is 6.61 Å². The van der Waals surface area contributed by atoms with E-state index in [1.165, 1.54) is 40.0 Å². The molecule has 0 bridgehead atoms. The molecule has 1 aromatic heterocycles. The lowest BCUT2D eigenvalue weighted by Gasteiger charge is -2.36. The van der Waals surface area contributed by atoms with Gasteiger partial charge in [0.25, 0.3) is 26.1 Å². The quantitative estimate of drug-likeness (QED) is 0.145. The van der Waals surface area contributed by atoms with Crippen molar-refractivity contribution in [1.29, 1.82) is 0 Å². The first-order valence-electron chi connectivity index (χ1n) is 17.2. The Morgan fingerprint density at radius 1 is 0.759 bits per heavy atom. The van der Waals surface area contributed by atoms with E-state index in [1.807, 2.05) is 50.4 Å². The zero-order valence-electron chi connectivity index (χ0n) is 30.5. The summed E-state index contributed by atoms with van der Waals surface area (Å²) in [5.74, 6) is 0.902. The number of amides is 1. The molecule has 1 fully saturated rings. The smallest absolute Gasteiger partial charge is 0.294 e. The van der Waals surface area contributed by atoms with E-state index >= 15 is 0 Å². The fourth-order valence-corrected chi connectivity index (χ4v) is 7.79. The van der Waals surface area contributed by atoms with E-state index in [9.17, 15) is 21.6 Å². The van der Waals surface area contributed by atoms with E-state index in [-0.39, 0.29) is 21.2 Å². The number of fused-ring (bicyclic) bond motifs is 2. The average molecular weight is 798 g/mol. The Labute approximate surface area is 321 Å². The predicted octanol–water partition coefficient (Wildman–Crippen LogP) is 5.78. The molecule has 1 saturated heterocycles. The van der Waals surface area contributed by atoms with Gasteiger partial charge < -0.3 is 20.0 Å². The molecule has 290 valence electrons. The van der Waals surface area contributed by atoms with Crippen molar-refractivity contribution in [3.05, 3.63) is 119 Å². The second-order valence-electron chi connectivity index (χ2n) is 13.0. The van der Waals surface area contributed by atoms with Crippen molar-refractivity contribution >= 4 is 53.3 Å². The van der Waals surface area contributed by atoms with Crippen LogP contribution >= 0.6 is 11.3 Å². The number of hydrogen-bond donors (Lipinski definition) is 2. The number of hydrogen-bond acceptors (Lipinski definition) is 9. The Kier molecular flexibility index (Phi) is 14.8. The minimum atomic E-state index is -4.02.